The first-order valence-electron chi connectivity index (χ1n) is 11.2. The van der Waals surface area contributed by atoms with Gasteiger partial charge in [0.25, 0.3) is 5.56 Å². The molecule has 174 valence electrons. The zero-order valence-electron chi connectivity index (χ0n) is 18.5. The third-order valence-corrected chi connectivity index (χ3v) is 6.04. The lowest BCUT2D eigenvalue weighted by Crippen LogP contribution is -2.47. The van der Waals surface area contributed by atoms with Gasteiger partial charge in [-0.05, 0) is 18.2 Å². The highest BCUT2D eigenvalue weighted by atomic mass is 16.5. The minimum Gasteiger partial charge on any atom is -0.478 e. The minimum absolute atomic E-state index is 0.0224. The summed E-state index contributed by atoms with van der Waals surface area (Å²) in [6, 6.07) is 16.1. The Morgan fingerprint density at radius 1 is 0.879 bits per heavy atom. The number of nitrogens with zero attached hydrogens (tertiary/aromatic N) is 3. The molecule has 1 aliphatic rings. The van der Waals surface area contributed by atoms with Gasteiger partial charge in [-0.15, -0.1) is 0 Å². The Kier molecular flexibility index (Phi) is 7.51. The van der Waals surface area contributed by atoms with E-state index < -0.39 is 5.97 Å². The fourth-order valence-electron chi connectivity index (χ4n) is 4.38. The molecule has 8 heteroatoms. The van der Waals surface area contributed by atoms with Crippen LogP contribution in [0.5, 0.6) is 0 Å². The Hall–Kier alpha value is -3.04. The maximum atomic E-state index is 13.5. The molecule has 4 rings (SSSR count). The summed E-state index contributed by atoms with van der Waals surface area (Å²) in [6.07, 6.45) is 0. The molecule has 0 saturated carbocycles. The Morgan fingerprint density at radius 3 is 2.18 bits per heavy atom. The minimum atomic E-state index is -1.04. The largest absolute Gasteiger partial charge is 0.478 e. The van der Waals surface area contributed by atoms with Crippen LogP contribution in [0.3, 0.4) is 0 Å². The molecular weight excluding hydrogens is 422 g/mol. The number of aromatic carboxylic acids is 1. The Bertz CT molecular complexity index is 1150. The molecule has 0 spiro atoms. The van der Waals surface area contributed by atoms with Crippen molar-refractivity contribution in [3.63, 3.8) is 0 Å². The van der Waals surface area contributed by atoms with Crippen molar-refractivity contribution >= 4 is 16.7 Å². The second-order valence-corrected chi connectivity index (χ2v) is 8.10. The fraction of sp³-hybridized carbons (Fsp3) is 0.360. The summed E-state index contributed by atoms with van der Waals surface area (Å²) in [5.74, 6) is -1.04. The van der Waals surface area contributed by atoms with Crippen LogP contribution in [0.15, 0.2) is 59.4 Å². The number of carboxylic acids is 1. The first-order valence-corrected chi connectivity index (χ1v) is 11.2. The molecule has 2 aromatic carbocycles. The molecule has 1 aliphatic heterocycles. The van der Waals surface area contributed by atoms with Gasteiger partial charge in [0.05, 0.1) is 31.1 Å². The number of carbonyl (C=O) groups is 1. The van der Waals surface area contributed by atoms with Gasteiger partial charge in [-0.1, -0.05) is 36.4 Å². The third kappa shape index (κ3) is 5.15. The van der Waals surface area contributed by atoms with E-state index in [0.29, 0.717) is 41.9 Å². The number of ether oxygens (including phenoxy) is 1. The molecule has 8 nitrogen and oxygen atoms in total. The Labute approximate surface area is 192 Å². The number of aliphatic hydroxyl groups is 1. The van der Waals surface area contributed by atoms with Gasteiger partial charge in [-0.2, -0.15) is 0 Å². The van der Waals surface area contributed by atoms with E-state index in [1.165, 1.54) is 0 Å². The normalized spacial score (nSPS) is 15.2. The van der Waals surface area contributed by atoms with Crippen LogP contribution in [0.25, 0.3) is 16.5 Å². The van der Waals surface area contributed by atoms with Gasteiger partial charge >= 0.3 is 5.97 Å². The van der Waals surface area contributed by atoms with E-state index >= 15 is 0 Å². The van der Waals surface area contributed by atoms with Gasteiger partial charge in [-0.3, -0.25) is 19.2 Å². The van der Waals surface area contributed by atoms with Gasteiger partial charge in [0, 0.05) is 55.7 Å². The number of rotatable bonds is 9. The van der Waals surface area contributed by atoms with E-state index in [0.717, 1.165) is 32.7 Å². The lowest BCUT2D eigenvalue weighted by atomic mass is 10.0. The summed E-state index contributed by atoms with van der Waals surface area (Å²) in [6.45, 7) is 5.27. The number of benzene rings is 2. The highest BCUT2D eigenvalue weighted by molar-refractivity contribution is 6.04. The van der Waals surface area contributed by atoms with Crippen LogP contribution in [0, 0.1) is 0 Å². The lowest BCUT2D eigenvalue weighted by molar-refractivity contribution is 0.0557. The number of carboxylic acid groups (broad SMARTS) is 1. The van der Waals surface area contributed by atoms with Crippen molar-refractivity contribution in [2.45, 2.75) is 6.54 Å². The molecule has 0 amide bonds. The fourth-order valence-corrected chi connectivity index (χ4v) is 4.38. The second-order valence-electron chi connectivity index (χ2n) is 8.10. The number of fused-ring (bicyclic) bond motifs is 1. The summed E-state index contributed by atoms with van der Waals surface area (Å²) in [7, 11) is 0. The molecule has 2 N–H and O–H groups in total. The zero-order chi connectivity index (χ0) is 23.2. The average Bonchev–Trinajstić information content (AvgIpc) is 2.83. The average molecular weight is 452 g/mol. The van der Waals surface area contributed by atoms with E-state index in [4.69, 9.17) is 9.84 Å². The van der Waals surface area contributed by atoms with Crippen molar-refractivity contribution in [2.75, 3.05) is 52.5 Å². The molecule has 0 radical (unpaired) electrons. The molecule has 0 bridgehead atoms. The van der Waals surface area contributed by atoms with Crippen LogP contribution in [-0.4, -0.2) is 83.1 Å². The van der Waals surface area contributed by atoms with Crippen molar-refractivity contribution in [3.05, 3.63) is 76.2 Å². The van der Waals surface area contributed by atoms with E-state index in [9.17, 15) is 14.7 Å². The van der Waals surface area contributed by atoms with E-state index in [-0.39, 0.29) is 17.7 Å². The highest BCUT2D eigenvalue weighted by Gasteiger charge is 2.25. The molecule has 2 heterocycles. The molecule has 0 aliphatic carbocycles. The molecule has 1 aromatic heterocycles. The monoisotopic (exact) mass is 451 g/mol. The smallest absolute Gasteiger partial charge is 0.338 e. The van der Waals surface area contributed by atoms with Crippen LogP contribution >= 0.6 is 0 Å². The Balaban J connectivity index is 1.66. The molecule has 33 heavy (non-hydrogen) atoms. The SMILES string of the molecule is O=C(O)c1c(CN2CCN(CCOCCO)CC2)n(-c2ccccc2)c(=O)c2ccccc12. The zero-order valence-corrected chi connectivity index (χ0v) is 18.5. The van der Waals surface area contributed by atoms with Crippen molar-refractivity contribution in [3.8, 4) is 5.69 Å². The van der Waals surface area contributed by atoms with Gasteiger partial charge < -0.3 is 14.9 Å². The molecule has 1 fully saturated rings. The first-order chi connectivity index (χ1) is 16.1. The predicted molar refractivity (Wildman–Crippen MR) is 126 cm³/mol. The molecule has 1 saturated heterocycles. The van der Waals surface area contributed by atoms with Crippen molar-refractivity contribution in [1.82, 2.24) is 14.4 Å². The molecule has 3 aromatic rings. The number of aromatic nitrogens is 1. The van der Waals surface area contributed by atoms with Gasteiger partial charge in [-0.25, -0.2) is 4.79 Å². The van der Waals surface area contributed by atoms with Crippen LogP contribution in [0.2, 0.25) is 0 Å². The quantitative estimate of drug-likeness (QED) is 0.479. The summed E-state index contributed by atoms with van der Waals surface area (Å²) in [5, 5.41) is 19.9. The van der Waals surface area contributed by atoms with Crippen LogP contribution in [0.4, 0.5) is 0 Å². The molecule has 0 unspecified atom stereocenters. The van der Waals surface area contributed by atoms with Gasteiger partial charge in [0.2, 0.25) is 0 Å². The summed E-state index contributed by atoms with van der Waals surface area (Å²) in [5.41, 5.74) is 1.12. The van der Waals surface area contributed by atoms with E-state index in [2.05, 4.69) is 9.80 Å². The topological polar surface area (TPSA) is 95.2 Å². The highest BCUT2D eigenvalue weighted by Crippen LogP contribution is 2.24. The predicted octanol–water partition coefficient (Wildman–Crippen LogP) is 1.82. The van der Waals surface area contributed by atoms with E-state index in [1.54, 1.807) is 28.8 Å². The van der Waals surface area contributed by atoms with E-state index in [1.807, 2.05) is 30.3 Å². The third-order valence-electron chi connectivity index (χ3n) is 6.04. The second kappa shape index (κ2) is 10.7. The van der Waals surface area contributed by atoms with Crippen molar-refractivity contribution < 1.29 is 19.7 Å². The summed E-state index contributed by atoms with van der Waals surface area (Å²) < 4.78 is 6.92. The van der Waals surface area contributed by atoms with Crippen LogP contribution < -0.4 is 5.56 Å². The van der Waals surface area contributed by atoms with Crippen LogP contribution in [-0.2, 0) is 11.3 Å². The summed E-state index contributed by atoms with van der Waals surface area (Å²) >= 11 is 0. The number of piperazine rings is 1. The Morgan fingerprint density at radius 2 is 1.52 bits per heavy atom. The maximum Gasteiger partial charge on any atom is 0.338 e. The number of hydrogen-bond acceptors (Lipinski definition) is 6. The molecular formula is C25H29N3O5. The number of pyridine rings is 1. The molecule has 0 atom stereocenters. The number of para-hydroxylation sites is 1. The van der Waals surface area contributed by atoms with Crippen LogP contribution in [0.1, 0.15) is 16.1 Å². The standard InChI is InChI=1S/C25H29N3O5/c29-15-17-33-16-14-26-10-12-27(13-11-26)18-22-23(25(31)32)20-8-4-5-9-21(20)24(30)28(22)19-6-2-1-3-7-19/h1-9,29H,10-18H2,(H,31,32). The number of aliphatic hydroxyl groups excluding tert-OH is 1. The van der Waals surface area contributed by atoms with Crippen molar-refractivity contribution in [2.24, 2.45) is 0 Å². The maximum absolute atomic E-state index is 13.5. The summed E-state index contributed by atoms with van der Waals surface area (Å²) in [4.78, 5) is 30.4. The lowest BCUT2D eigenvalue weighted by Gasteiger charge is -2.35. The number of hydrogen-bond donors (Lipinski definition) is 2. The van der Waals surface area contributed by atoms with Crippen molar-refractivity contribution in [1.29, 1.82) is 0 Å². The van der Waals surface area contributed by atoms with Gasteiger partial charge in [0.1, 0.15) is 0 Å². The van der Waals surface area contributed by atoms with Gasteiger partial charge in [0.15, 0.2) is 0 Å². The first kappa shape index (κ1) is 23.1.